The van der Waals surface area contributed by atoms with Crippen LogP contribution in [0, 0.1) is 0 Å². The van der Waals surface area contributed by atoms with Crippen LogP contribution in [0.3, 0.4) is 0 Å². The van der Waals surface area contributed by atoms with Crippen molar-refractivity contribution >= 4 is 50.1 Å². The summed E-state index contributed by atoms with van der Waals surface area (Å²) in [7, 11) is 1.58. The number of carbonyl (C=O) groups is 1. The summed E-state index contributed by atoms with van der Waals surface area (Å²) in [6.45, 7) is 4.14. The smallest absolute Gasteiger partial charge is 0.338 e. The third kappa shape index (κ3) is 5.73. The maximum atomic E-state index is 14.0. The number of esters is 1. The van der Waals surface area contributed by atoms with E-state index in [1.165, 1.54) is 16.7 Å². The lowest BCUT2D eigenvalue weighted by molar-refractivity contribution is -0.139. The van der Waals surface area contributed by atoms with E-state index >= 15 is 0 Å². The van der Waals surface area contributed by atoms with Crippen LogP contribution >= 0.6 is 27.3 Å². The summed E-state index contributed by atoms with van der Waals surface area (Å²) in [5.41, 5.74) is 3.23. The summed E-state index contributed by atoms with van der Waals surface area (Å²) < 4.78 is 19.8. The lowest BCUT2D eigenvalue weighted by Crippen LogP contribution is -2.39. The Bertz CT molecular complexity index is 2110. The first-order chi connectivity index (χ1) is 21.4. The fraction of sp³-hybridized carbons (Fsp3) is 0.171. The lowest BCUT2D eigenvalue weighted by Gasteiger charge is -2.25. The molecule has 0 amide bonds. The van der Waals surface area contributed by atoms with E-state index in [-0.39, 0.29) is 12.2 Å². The van der Waals surface area contributed by atoms with Gasteiger partial charge in [-0.2, -0.15) is 0 Å². The van der Waals surface area contributed by atoms with E-state index in [1.807, 2.05) is 60.7 Å². The van der Waals surface area contributed by atoms with Gasteiger partial charge < -0.3 is 14.2 Å². The number of hydrogen-bond acceptors (Lipinski definition) is 7. The first kappa shape index (κ1) is 29.6. The predicted molar refractivity (Wildman–Crippen MR) is 176 cm³/mol. The van der Waals surface area contributed by atoms with Crippen molar-refractivity contribution < 1.29 is 19.0 Å². The molecule has 9 heteroatoms. The van der Waals surface area contributed by atoms with Gasteiger partial charge in [0.25, 0.3) is 5.56 Å². The monoisotopic (exact) mass is 668 g/mol. The largest absolute Gasteiger partial charge is 0.496 e. The van der Waals surface area contributed by atoms with Crippen molar-refractivity contribution in [3.05, 3.63) is 137 Å². The molecule has 7 nitrogen and oxygen atoms in total. The van der Waals surface area contributed by atoms with Crippen LogP contribution in [0.4, 0.5) is 0 Å². The normalized spacial score (nSPS) is 14.7. The zero-order chi connectivity index (χ0) is 30.8. The van der Waals surface area contributed by atoms with E-state index in [0.717, 1.165) is 22.1 Å². The highest BCUT2D eigenvalue weighted by atomic mass is 79.9. The summed E-state index contributed by atoms with van der Waals surface area (Å²) in [5, 5.41) is 2.32. The van der Waals surface area contributed by atoms with Gasteiger partial charge in [0.15, 0.2) is 4.80 Å². The molecule has 0 saturated heterocycles. The van der Waals surface area contributed by atoms with Crippen LogP contribution < -0.4 is 24.4 Å². The Labute approximate surface area is 266 Å². The molecular weight excluding hydrogens is 640 g/mol. The number of benzene rings is 4. The molecular formula is C35H29BrN2O5S. The maximum Gasteiger partial charge on any atom is 0.338 e. The molecule has 1 aromatic heterocycles. The molecule has 6 rings (SSSR count). The number of thiazole rings is 1. The molecule has 0 bridgehead atoms. The molecule has 4 aromatic carbocycles. The molecule has 5 aromatic rings. The van der Waals surface area contributed by atoms with Crippen LogP contribution in [0.1, 0.15) is 36.6 Å². The molecule has 1 atom stereocenters. The molecule has 0 radical (unpaired) electrons. The average Bonchev–Trinajstić information content (AvgIpc) is 3.33. The fourth-order valence-electron chi connectivity index (χ4n) is 5.38. The number of allylic oxidation sites excluding steroid dienone is 1. The molecule has 0 N–H and O–H groups in total. The fourth-order valence-corrected chi connectivity index (χ4v) is 6.99. The van der Waals surface area contributed by atoms with Crippen molar-refractivity contribution in [3.63, 3.8) is 0 Å². The number of ether oxygens (including phenoxy) is 3. The summed E-state index contributed by atoms with van der Waals surface area (Å²) in [4.78, 5) is 32.4. The third-order valence-electron chi connectivity index (χ3n) is 7.44. The summed E-state index contributed by atoms with van der Waals surface area (Å²) >= 11 is 4.83. The zero-order valence-electron chi connectivity index (χ0n) is 24.4. The zero-order valence-corrected chi connectivity index (χ0v) is 26.8. The van der Waals surface area contributed by atoms with Gasteiger partial charge in [0.1, 0.15) is 18.1 Å². The van der Waals surface area contributed by atoms with Gasteiger partial charge in [0.2, 0.25) is 0 Å². The summed E-state index contributed by atoms with van der Waals surface area (Å²) in [6, 6.07) is 26.9. The second-order valence-electron chi connectivity index (χ2n) is 10.2. The van der Waals surface area contributed by atoms with E-state index < -0.39 is 12.0 Å². The molecule has 1 aliphatic rings. The number of aromatic nitrogens is 1. The van der Waals surface area contributed by atoms with Gasteiger partial charge >= 0.3 is 5.97 Å². The van der Waals surface area contributed by atoms with E-state index in [4.69, 9.17) is 14.2 Å². The van der Waals surface area contributed by atoms with Crippen LogP contribution in [0.15, 0.2) is 110 Å². The van der Waals surface area contributed by atoms with Crippen molar-refractivity contribution in [2.75, 3.05) is 13.7 Å². The lowest BCUT2D eigenvalue weighted by atomic mass is 9.96. The highest BCUT2D eigenvalue weighted by Crippen LogP contribution is 2.35. The van der Waals surface area contributed by atoms with Gasteiger partial charge in [-0.15, -0.1) is 0 Å². The first-order valence-electron chi connectivity index (χ1n) is 14.1. The Hall–Kier alpha value is -4.47. The van der Waals surface area contributed by atoms with Gasteiger partial charge in [-0.1, -0.05) is 72.0 Å². The highest BCUT2D eigenvalue weighted by Gasteiger charge is 2.33. The molecule has 1 aliphatic heterocycles. The Morgan fingerprint density at radius 3 is 2.64 bits per heavy atom. The number of carbonyl (C=O) groups excluding carboxylic acids is 1. The minimum absolute atomic E-state index is 0.206. The number of rotatable bonds is 8. The van der Waals surface area contributed by atoms with E-state index in [0.29, 0.717) is 43.2 Å². The van der Waals surface area contributed by atoms with E-state index in [9.17, 15) is 9.59 Å². The second-order valence-corrected chi connectivity index (χ2v) is 12.1. The van der Waals surface area contributed by atoms with Gasteiger partial charge in [0.05, 0.1) is 40.0 Å². The van der Waals surface area contributed by atoms with E-state index in [1.54, 1.807) is 31.6 Å². The standard InChI is InChI=1S/C35H29BrN2O5S/c1-4-42-34(40)31-21(2)37-35-38(32(31)24-15-16-29(41-3)28(36)19-24)33(39)30(44-35)18-22-9-7-13-26(17-22)43-20-25-12-8-11-23-10-5-6-14-27(23)25/h5-19,32H,4,20H2,1-3H3/b30-18+/t32-/m1/s1. The first-order valence-corrected chi connectivity index (χ1v) is 15.7. The number of methoxy groups -OCH3 is 1. The molecule has 0 aliphatic carbocycles. The molecule has 44 heavy (non-hydrogen) atoms. The molecule has 2 heterocycles. The van der Waals surface area contributed by atoms with Crippen LogP contribution in [-0.2, 0) is 16.1 Å². The van der Waals surface area contributed by atoms with Gasteiger partial charge in [-0.05, 0) is 87.6 Å². The van der Waals surface area contributed by atoms with Gasteiger partial charge in [-0.3, -0.25) is 9.36 Å². The number of halogens is 1. The third-order valence-corrected chi connectivity index (χ3v) is 9.04. The van der Waals surface area contributed by atoms with Crippen LogP contribution in [0.5, 0.6) is 11.5 Å². The molecule has 0 fully saturated rings. The van der Waals surface area contributed by atoms with Crippen molar-refractivity contribution in [2.24, 2.45) is 4.99 Å². The maximum absolute atomic E-state index is 14.0. The number of fused-ring (bicyclic) bond motifs is 2. The minimum atomic E-state index is -0.718. The van der Waals surface area contributed by atoms with Crippen LogP contribution in [0.2, 0.25) is 0 Å². The Morgan fingerprint density at radius 1 is 1.05 bits per heavy atom. The minimum Gasteiger partial charge on any atom is -0.496 e. The SMILES string of the molecule is CCOC(=O)C1=C(C)N=c2s/c(=C/c3cccc(OCc4cccc5ccccc45)c3)c(=O)n2[C@@H]1c1ccc(OC)c(Br)c1. The van der Waals surface area contributed by atoms with Crippen molar-refractivity contribution in [2.45, 2.75) is 26.5 Å². The van der Waals surface area contributed by atoms with Gasteiger partial charge in [0, 0.05) is 0 Å². The molecule has 0 saturated carbocycles. The van der Waals surface area contributed by atoms with E-state index in [2.05, 4.69) is 45.2 Å². The van der Waals surface area contributed by atoms with Gasteiger partial charge in [-0.25, -0.2) is 9.79 Å². The highest BCUT2D eigenvalue weighted by molar-refractivity contribution is 9.10. The summed E-state index contributed by atoms with van der Waals surface area (Å²) in [6.07, 6.45) is 1.83. The van der Waals surface area contributed by atoms with Crippen molar-refractivity contribution in [1.29, 1.82) is 0 Å². The quantitative estimate of drug-likeness (QED) is 0.181. The molecule has 0 unspecified atom stereocenters. The topological polar surface area (TPSA) is 79.1 Å². The van der Waals surface area contributed by atoms with Crippen molar-refractivity contribution in [1.82, 2.24) is 4.57 Å². The molecule has 0 spiro atoms. The predicted octanol–water partition coefficient (Wildman–Crippen LogP) is 6.30. The van der Waals surface area contributed by atoms with Crippen LogP contribution in [-0.4, -0.2) is 24.3 Å². The average molecular weight is 670 g/mol. The molecule has 222 valence electrons. The second kappa shape index (κ2) is 12.6. The Kier molecular flexibility index (Phi) is 8.50. The Morgan fingerprint density at radius 2 is 1.84 bits per heavy atom. The summed E-state index contributed by atoms with van der Waals surface area (Å²) in [5.74, 6) is 0.832. The van der Waals surface area contributed by atoms with Crippen molar-refractivity contribution in [3.8, 4) is 11.5 Å². The van der Waals surface area contributed by atoms with Crippen LogP contribution in [0.25, 0.3) is 16.8 Å². The number of hydrogen-bond donors (Lipinski definition) is 0. The Balaban J connectivity index is 1.38. The number of nitrogens with zero attached hydrogens (tertiary/aromatic N) is 2.